The number of allylic oxidation sites excluding steroid dienone is 2. The molecule has 0 saturated carbocycles. The van der Waals surface area contributed by atoms with Crippen LogP contribution < -0.4 is 5.73 Å². The summed E-state index contributed by atoms with van der Waals surface area (Å²) in [4.78, 5) is 55.7. The number of nitrogens with two attached hydrogens (primary N) is 1. The molecule has 266 valence electrons. The number of phosphoric ester groups is 1. The summed E-state index contributed by atoms with van der Waals surface area (Å²) in [5.41, 5.74) is 5.24. The number of carboxylic acid groups (broad SMARTS) is 2. The normalized spacial score (nSPS) is 15.0. The van der Waals surface area contributed by atoms with Crippen LogP contribution in [0.2, 0.25) is 0 Å². The largest absolute Gasteiger partial charge is 0.480 e. The molecule has 0 aromatic rings. The van der Waals surface area contributed by atoms with Crippen LogP contribution >= 0.6 is 7.82 Å². The van der Waals surface area contributed by atoms with Gasteiger partial charge in [-0.25, -0.2) is 9.36 Å². The molecule has 0 amide bonds. The SMILES string of the molecule is CCCCCCCC/C=C\CCCCCCCC(=O)OC[C@H](COP(=O)(O)OC[C@H](N)C(=O)O)OC(=O)CCC(O)/C=C/C(=O)O. The number of aliphatic hydroxyl groups excluding tert-OH is 1. The number of phosphoric acid groups is 1. The Morgan fingerprint density at radius 3 is 1.93 bits per heavy atom. The average Bonchev–Trinajstić information content (AvgIpc) is 3.00. The first kappa shape index (κ1) is 43.4. The summed E-state index contributed by atoms with van der Waals surface area (Å²) in [5.74, 6) is -4.19. The lowest BCUT2D eigenvalue weighted by Crippen LogP contribution is -2.34. The molecule has 0 aliphatic rings. The standard InChI is InChI=1S/C31H54NO13P/c1-2-3-4-5-6-7-8-9-10-11-12-13-14-15-16-17-29(36)42-22-26(23-43-46(40,41)44-24-27(32)31(38)39)45-30(37)21-19-25(33)18-20-28(34)35/h9-10,18,20,25-27,33H,2-8,11-17,19,21-24,32H2,1H3,(H,34,35)(H,38,39)(H,40,41)/b10-9-,20-18+/t25?,26-,27+/m1/s1. The lowest BCUT2D eigenvalue weighted by atomic mass is 10.1. The first-order valence-electron chi connectivity index (χ1n) is 16.1. The molecule has 0 rings (SSSR count). The number of esters is 2. The van der Waals surface area contributed by atoms with Gasteiger partial charge < -0.3 is 35.4 Å². The second kappa shape index (κ2) is 27.5. The maximum absolute atomic E-state index is 12.3. The van der Waals surface area contributed by atoms with Crippen molar-refractivity contribution >= 4 is 31.7 Å². The fourth-order valence-corrected chi connectivity index (χ4v) is 4.75. The molecular weight excluding hydrogens is 625 g/mol. The van der Waals surface area contributed by atoms with E-state index < -0.39 is 69.8 Å². The van der Waals surface area contributed by atoms with E-state index in [4.69, 9.17) is 29.9 Å². The van der Waals surface area contributed by atoms with E-state index in [2.05, 4.69) is 23.6 Å². The van der Waals surface area contributed by atoms with Gasteiger partial charge in [-0.1, -0.05) is 70.4 Å². The highest BCUT2D eigenvalue weighted by Crippen LogP contribution is 2.43. The monoisotopic (exact) mass is 679 g/mol. The van der Waals surface area contributed by atoms with E-state index in [9.17, 15) is 33.7 Å². The molecule has 15 heteroatoms. The Morgan fingerprint density at radius 1 is 0.783 bits per heavy atom. The summed E-state index contributed by atoms with van der Waals surface area (Å²) in [6, 6.07) is -1.59. The molecule has 0 aliphatic heterocycles. The molecule has 4 atom stereocenters. The third-order valence-corrected chi connectivity index (χ3v) is 7.58. The molecule has 0 radical (unpaired) electrons. The minimum Gasteiger partial charge on any atom is -0.480 e. The lowest BCUT2D eigenvalue weighted by Gasteiger charge is -2.20. The third kappa shape index (κ3) is 27.7. The Hall–Kier alpha value is -2.61. The smallest absolute Gasteiger partial charge is 0.472 e. The van der Waals surface area contributed by atoms with Crippen molar-refractivity contribution in [3.63, 3.8) is 0 Å². The van der Waals surface area contributed by atoms with E-state index in [1.165, 1.54) is 38.5 Å². The first-order chi connectivity index (χ1) is 21.9. The van der Waals surface area contributed by atoms with E-state index >= 15 is 0 Å². The van der Waals surface area contributed by atoms with Crippen molar-refractivity contribution in [3.8, 4) is 0 Å². The van der Waals surface area contributed by atoms with Crippen LogP contribution in [0.15, 0.2) is 24.3 Å². The summed E-state index contributed by atoms with van der Waals surface area (Å²) in [6.45, 7) is 0.130. The summed E-state index contributed by atoms with van der Waals surface area (Å²) >= 11 is 0. The van der Waals surface area contributed by atoms with Crippen LogP contribution in [0, 0.1) is 0 Å². The van der Waals surface area contributed by atoms with E-state index in [0.717, 1.165) is 50.7 Å². The van der Waals surface area contributed by atoms with E-state index in [1.807, 2.05) is 0 Å². The Morgan fingerprint density at radius 2 is 1.35 bits per heavy atom. The van der Waals surface area contributed by atoms with Gasteiger partial charge in [0.1, 0.15) is 12.6 Å². The summed E-state index contributed by atoms with van der Waals surface area (Å²) in [5, 5.41) is 27.1. The molecule has 0 saturated heterocycles. The Kier molecular flexibility index (Phi) is 25.9. The van der Waals surface area contributed by atoms with Gasteiger partial charge in [0.2, 0.25) is 0 Å². The van der Waals surface area contributed by atoms with Crippen LogP contribution in [0.4, 0.5) is 0 Å². The summed E-state index contributed by atoms with van der Waals surface area (Å²) < 4.78 is 31.7. The van der Waals surface area contributed by atoms with Crippen molar-refractivity contribution in [2.45, 2.75) is 128 Å². The quantitative estimate of drug-likeness (QED) is 0.0226. The van der Waals surface area contributed by atoms with E-state index in [-0.39, 0.29) is 19.3 Å². The molecule has 0 heterocycles. The van der Waals surface area contributed by atoms with Crippen LogP contribution in [0.3, 0.4) is 0 Å². The zero-order valence-electron chi connectivity index (χ0n) is 27.0. The maximum atomic E-state index is 12.3. The fraction of sp³-hybridized carbons (Fsp3) is 0.742. The maximum Gasteiger partial charge on any atom is 0.472 e. The number of aliphatic carboxylic acids is 2. The zero-order valence-corrected chi connectivity index (χ0v) is 27.9. The van der Waals surface area contributed by atoms with Gasteiger partial charge in [-0.2, -0.15) is 0 Å². The van der Waals surface area contributed by atoms with Gasteiger partial charge in [0, 0.05) is 18.9 Å². The third-order valence-electron chi connectivity index (χ3n) is 6.63. The molecule has 0 aromatic heterocycles. The highest BCUT2D eigenvalue weighted by atomic mass is 31.2. The molecule has 0 bridgehead atoms. The van der Waals surface area contributed by atoms with Gasteiger partial charge in [0.05, 0.1) is 19.3 Å². The van der Waals surface area contributed by atoms with Crippen molar-refractivity contribution in [1.82, 2.24) is 0 Å². The molecule has 0 aliphatic carbocycles. The first-order valence-corrected chi connectivity index (χ1v) is 17.5. The van der Waals surface area contributed by atoms with E-state index in [1.54, 1.807) is 0 Å². The Bertz CT molecular complexity index is 972. The number of carbonyl (C=O) groups excluding carboxylic acids is 2. The molecule has 46 heavy (non-hydrogen) atoms. The molecule has 2 unspecified atom stereocenters. The van der Waals surface area contributed by atoms with Crippen LogP contribution in [0.1, 0.15) is 110 Å². The summed E-state index contributed by atoms with van der Waals surface area (Å²) in [7, 11) is -4.81. The number of ether oxygens (including phenoxy) is 2. The van der Waals surface area contributed by atoms with E-state index in [0.29, 0.717) is 6.42 Å². The zero-order chi connectivity index (χ0) is 34.6. The second-order valence-corrected chi connectivity index (χ2v) is 12.4. The van der Waals surface area contributed by atoms with Crippen LogP contribution in [0.25, 0.3) is 0 Å². The van der Waals surface area contributed by atoms with Gasteiger partial charge in [-0.15, -0.1) is 0 Å². The number of hydrogen-bond donors (Lipinski definition) is 5. The molecule has 0 fully saturated rings. The number of unbranched alkanes of at least 4 members (excludes halogenated alkanes) is 11. The van der Waals surface area contributed by atoms with Gasteiger partial charge in [0.25, 0.3) is 0 Å². The van der Waals surface area contributed by atoms with Gasteiger partial charge in [-0.05, 0) is 44.6 Å². The topological polar surface area (TPSA) is 229 Å². The average molecular weight is 680 g/mol. The number of aliphatic hydroxyl groups is 1. The predicted molar refractivity (Wildman–Crippen MR) is 170 cm³/mol. The molecule has 6 N–H and O–H groups in total. The molecule has 14 nitrogen and oxygen atoms in total. The van der Waals surface area contributed by atoms with Crippen LogP contribution in [0.5, 0.6) is 0 Å². The molecular formula is C31H54NO13P. The van der Waals surface area contributed by atoms with Gasteiger partial charge in [0.15, 0.2) is 6.10 Å². The number of carbonyl (C=O) groups is 4. The van der Waals surface area contributed by atoms with Crippen molar-refractivity contribution in [3.05, 3.63) is 24.3 Å². The molecule has 0 aromatic carbocycles. The number of carboxylic acids is 2. The highest BCUT2D eigenvalue weighted by Gasteiger charge is 2.28. The minimum absolute atomic E-state index is 0.121. The fourth-order valence-electron chi connectivity index (χ4n) is 3.97. The lowest BCUT2D eigenvalue weighted by molar-refractivity contribution is -0.161. The van der Waals surface area contributed by atoms with Crippen molar-refractivity contribution in [2.75, 3.05) is 19.8 Å². The summed E-state index contributed by atoms with van der Waals surface area (Å²) in [6.07, 6.45) is 17.7. The Balaban J connectivity index is 4.52. The molecule has 0 spiro atoms. The van der Waals surface area contributed by atoms with Crippen LogP contribution in [-0.2, 0) is 42.3 Å². The minimum atomic E-state index is -4.81. The number of rotatable bonds is 30. The number of hydrogen-bond acceptors (Lipinski definition) is 11. The van der Waals surface area contributed by atoms with Crippen LogP contribution in [-0.4, -0.2) is 82.2 Å². The van der Waals surface area contributed by atoms with Crippen molar-refractivity contribution in [1.29, 1.82) is 0 Å². The van der Waals surface area contributed by atoms with Crippen molar-refractivity contribution in [2.24, 2.45) is 5.73 Å². The second-order valence-electron chi connectivity index (χ2n) is 10.9. The van der Waals surface area contributed by atoms with Crippen molar-refractivity contribution < 1.29 is 62.5 Å². The van der Waals surface area contributed by atoms with Gasteiger partial charge >= 0.3 is 31.7 Å². The van der Waals surface area contributed by atoms with Gasteiger partial charge in [-0.3, -0.25) is 23.4 Å². The highest BCUT2D eigenvalue weighted by molar-refractivity contribution is 7.47. The predicted octanol–water partition coefficient (Wildman–Crippen LogP) is 4.81. The Labute approximate surface area is 271 Å².